The predicted octanol–water partition coefficient (Wildman–Crippen LogP) is 0.0753. The van der Waals surface area contributed by atoms with E-state index in [0.29, 0.717) is 6.61 Å². The fourth-order valence-electron chi connectivity index (χ4n) is 1.06. The largest absolute Gasteiger partial charge is 0.357 e. The number of nitrogens with one attached hydrogen (secondary N) is 1. The second-order valence-corrected chi connectivity index (χ2v) is 3.40. The SMILES string of the molecule is COC(Cl)C(=O)NCC1OCC(C)O1. The van der Waals surface area contributed by atoms with Crippen LogP contribution in [0.5, 0.6) is 0 Å². The molecule has 0 aromatic carbocycles. The number of ether oxygens (including phenoxy) is 3. The summed E-state index contributed by atoms with van der Waals surface area (Å²) in [7, 11) is 1.36. The maximum absolute atomic E-state index is 11.1. The summed E-state index contributed by atoms with van der Waals surface area (Å²) in [5.74, 6) is -0.388. The maximum Gasteiger partial charge on any atom is 0.264 e. The third-order valence-electron chi connectivity index (χ3n) is 1.76. The Bertz CT molecular complexity index is 202. The molecule has 1 heterocycles. The average Bonchev–Trinajstić information content (AvgIpc) is 2.59. The van der Waals surface area contributed by atoms with Crippen molar-refractivity contribution in [2.24, 2.45) is 0 Å². The number of carbonyl (C=O) groups excluding carboxylic acids is 1. The third kappa shape index (κ3) is 3.42. The summed E-state index contributed by atoms with van der Waals surface area (Å²) >= 11 is 5.51. The second kappa shape index (κ2) is 5.50. The van der Waals surface area contributed by atoms with E-state index in [1.165, 1.54) is 7.11 Å². The van der Waals surface area contributed by atoms with Gasteiger partial charge in [-0.15, -0.1) is 0 Å². The summed E-state index contributed by atoms with van der Waals surface area (Å²) in [5.41, 5.74) is -0.964. The Balaban J connectivity index is 2.17. The van der Waals surface area contributed by atoms with Crippen LogP contribution in [0.25, 0.3) is 0 Å². The van der Waals surface area contributed by atoms with Crippen molar-refractivity contribution in [2.75, 3.05) is 20.3 Å². The fourth-order valence-corrected chi connectivity index (χ4v) is 1.14. The van der Waals surface area contributed by atoms with Gasteiger partial charge in [0.1, 0.15) is 0 Å². The quantitative estimate of drug-likeness (QED) is 0.686. The van der Waals surface area contributed by atoms with Crippen LogP contribution in [0.1, 0.15) is 6.92 Å². The lowest BCUT2D eigenvalue weighted by Gasteiger charge is -2.12. The van der Waals surface area contributed by atoms with E-state index in [-0.39, 0.29) is 24.8 Å². The first-order valence-corrected chi connectivity index (χ1v) is 4.78. The minimum Gasteiger partial charge on any atom is -0.357 e. The summed E-state index contributed by atoms with van der Waals surface area (Å²) < 4.78 is 15.1. The molecule has 14 heavy (non-hydrogen) atoms. The minimum absolute atomic E-state index is 0.0751. The second-order valence-electron chi connectivity index (χ2n) is 3.01. The van der Waals surface area contributed by atoms with Crippen molar-refractivity contribution in [3.63, 3.8) is 0 Å². The van der Waals surface area contributed by atoms with Crippen molar-refractivity contribution in [3.8, 4) is 0 Å². The molecule has 0 radical (unpaired) electrons. The lowest BCUT2D eigenvalue weighted by molar-refractivity contribution is -0.129. The highest BCUT2D eigenvalue weighted by atomic mass is 35.5. The molecule has 1 amide bonds. The Morgan fingerprint density at radius 3 is 3.00 bits per heavy atom. The summed E-state index contributed by atoms with van der Waals surface area (Å²) in [6, 6.07) is 0. The highest BCUT2D eigenvalue weighted by Gasteiger charge is 2.23. The van der Waals surface area contributed by atoms with E-state index in [0.717, 1.165) is 0 Å². The van der Waals surface area contributed by atoms with Gasteiger partial charge in [-0.05, 0) is 6.92 Å². The van der Waals surface area contributed by atoms with Gasteiger partial charge in [0.2, 0.25) is 5.56 Å². The van der Waals surface area contributed by atoms with Crippen LogP contribution >= 0.6 is 11.6 Å². The number of rotatable bonds is 4. The van der Waals surface area contributed by atoms with E-state index in [9.17, 15) is 4.79 Å². The topological polar surface area (TPSA) is 56.8 Å². The number of carbonyl (C=O) groups is 1. The number of halogens is 1. The summed E-state index contributed by atoms with van der Waals surface area (Å²) in [6.45, 7) is 2.74. The Hall–Kier alpha value is -0.360. The van der Waals surface area contributed by atoms with E-state index < -0.39 is 5.56 Å². The zero-order chi connectivity index (χ0) is 10.6. The number of amides is 1. The fraction of sp³-hybridized carbons (Fsp3) is 0.875. The number of hydrogen-bond acceptors (Lipinski definition) is 4. The van der Waals surface area contributed by atoms with Gasteiger partial charge < -0.3 is 19.5 Å². The number of hydrogen-bond donors (Lipinski definition) is 1. The molecule has 0 aromatic heterocycles. The zero-order valence-electron chi connectivity index (χ0n) is 8.16. The van der Waals surface area contributed by atoms with Gasteiger partial charge in [-0.2, -0.15) is 0 Å². The molecule has 1 rings (SSSR count). The highest BCUT2D eigenvalue weighted by Crippen LogP contribution is 2.09. The van der Waals surface area contributed by atoms with Crippen LogP contribution in [0.2, 0.25) is 0 Å². The summed E-state index contributed by atoms with van der Waals surface area (Å²) in [6.07, 6.45) is -0.305. The van der Waals surface area contributed by atoms with Gasteiger partial charge >= 0.3 is 0 Å². The molecule has 1 fully saturated rings. The molecule has 1 N–H and O–H groups in total. The van der Waals surface area contributed by atoms with Crippen LogP contribution in [0.4, 0.5) is 0 Å². The van der Waals surface area contributed by atoms with Crippen LogP contribution in [0.15, 0.2) is 0 Å². The van der Waals surface area contributed by atoms with Crippen LogP contribution < -0.4 is 5.32 Å². The molecule has 82 valence electrons. The molecular weight excluding hydrogens is 210 g/mol. The molecule has 1 aliphatic heterocycles. The van der Waals surface area contributed by atoms with Crippen LogP contribution in [0.3, 0.4) is 0 Å². The normalized spacial score (nSPS) is 28.8. The molecule has 0 bridgehead atoms. The molecule has 3 unspecified atom stereocenters. The van der Waals surface area contributed by atoms with E-state index in [2.05, 4.69) is 10.1 Å². The smallest absolute Gasteiger partial charge is 0.264 e. The Kier molecular flexibility index (Phi) is 4.60. The van der Waals surface area contributed by atoms with Crippen molar-refractivity contribution in [1.82, 2.24) is 5.32 Å². The summed E-state index contributed by atoms with van der Waals surface area (Å²) in [5, 5.41) is 2.55. The van der Waals surface area contributed by atoms with Gasteiger partial charge in [0.25, 0.3) is 5.91 Å². The van der Waals surface area contributed by atoms with E-state index in [1.54, 1.807) is 0 Å². The van der Waals surface area contributed by atoms with E-state index in [4.69, 9.17) is 21.1 Å². The number of alkyl halides is 1. The molecule has 3 atom stereocenters. The monoisotopic (exact) mass is 223 g/mol. The van der Waals surface area contributed by atoms with Crippen molar-refractivity contribution in [3.05, 3.63) is 0 Å². The van der Waals surface area contributed by atoms with Crippen LogP contribution in [-0.4, -0.2) is 44.1 Å². The molecule has 5 nitrogen and oxygen atoms in total. The summed E-state index contributed by atoms with van der Waals surface area (Å²) in [4.78, 5) is 11.1. The standard InChI is InChI=1S/C8H14ClNO4/c1-5-4-13-6(14-5)3-10-8(11)7(9)12-2/h5-7H,3-4H2,1-2H3,(H,10,11). The molecule has 6 heteroatoms. The Labute approximate surface area is 87.6 Å². The lowest BCUT2D eigenvalue weighted by Crippen LogP contribution is -2.38. The predicted molar refractivity (Wildman–Crippen MR) is 49.9 cm³/mol. The molecule has 0 aromatic rings. The molecular formula is C8H14ClNO4. The third-order valence-corrected chi connectivity index (χ3v) is 2.13. The minimum atomic E-state index is -0.964. The molecule has 0 saturated carbocycles. The zero-order valence-corrected chi connectivity index (χ0v) is 8.91. The highest BCUT2D eigenvalue weighted by molar-refractivity contribution is 6.29. The van der Waals surface area contributed by atoms with E-state index >= 15 is 0 Å². The van der Waals surface area contributed by atoms with Crippen molar-refractivity contribution in [2.45, 2.75) is 24.9 Å². The Morgan fingerprint density at radius 2 is 2.50 bits per heavy atom. The lowest BCUT2D eigenvalue weighted by atomic mass is 10.5. The van der Waals surface area contributed by atoms with Gasteiger partial charge in [-0.1, -0.05) is 11.6 Å². The Morgan fingerprint density at radius 1 is 1.79 bits per heavy atom. The molecule has 1 saturated heterocycles. The molecule has 0 spiro atoms. The number of methoxy groups -OCH3 is 1. The first-order valence-electron chi connectivity index (χ1n) is 4.35. The van der Waals surface area contributed by atoms with Crippen LogP contribution in [-0.2, 0) is 19.0 Å². The molecule has 1 aliphatic rings. The van der Waals surface area contributed by atoms with Gasteiger partial charge in [-0.3, -0.25) is 4.79 Å². The van der Waals surface area contributed by atoms with Crippen molar-refractivity contribution < 1.29 is 19.0 Å². The van der Waals surface area contributed by atoms with Gasteiger partial charge in [0, 0.05) is 7.11 Å². The van der Waals surface area contributed by atoms with Crippen molar-refractivity contribution in [1.29, 1.82) is 0 Å². The van der Waals surface area contributed by atoms with Crippen molar-refractivity contribution >= 4 is 17.5 Å². The maximum atomic E-state index is 11.1. The van der Waals surface area contributed by atoms with E-state index in [1.807, 2.05) is 6.92 Å². The van der Waals surface area contributed by atoms with Gasteiger partial charge in [0.15, 0.2) is 6.29 Å². The van der Waals surface area contributed by atoms with Gasteiger partial charge in [0.05, 0.1) is 19.3 Å². The van der Waals surface area contributed by atoms with Crippen LogP contribution in [0, 0.1) is 0 Å². The first-order chi connectivity index (χ1) is 6.63. The first kappa shape index (κ1) is 11.7. The van der Waals surface area contributed by atoms with Gasteiger partial charge in [-0.25, -0.2) is 0 Å². The average molecular weight is 224 g/mol. The molecule has 0 aliphatic carbocycles.